The number of hydrogen-bond acceptors (Lipinski definition) is 7. The first-order chi connectivity index (χ1) is 17.8. The molecule has 2 aromatic heterocycles. The van der Waals surface area contributed by atoms with Crippen molar-refractivity contribution in [2.24, 2.45) is 0 Å². The molecule has 37 heavy (non-hydrogen) atoms. The van der Waals surface area contributed by atoms with E-state index in [1.54, 1.807) is 42.5 Å². The maximum atomic E-state index is 15.1. The number of aryl methyl sites for hydroxylation is 1. The molecule has 1 aliphatic carbocycles. The van der Waals surface area contributed by atoms with E-state index in [9.17, 15) is 13.8 Å². The Morgan fingerprint density at radius 1 is 1.19 bits per heavy atom. The number of carbonyl (C=O) groups excluding carboxylic acids is 1. The zero-order chi connectivity index (χ0) is 25.7. The number of amides is 1. The molecule has 1 atom stereocenters. The van der Waals surface area contributed by atoms with Gasteiger partial charge in [0.15, 0.2) is 18.2 Å². The zero-order valence-corrected chi connectivity index (χ0v) is 20.4. The minimum atomic E-state index is -0.807. The van der Waals surface area contributed by atoms with E-state index in [0.717, 1.165) is 21.5 Å². The SMILES string of the molecule is Cc1ccc(Oc2cc3nc(-c4ccc(C5(O)CCC5)cc4)c(F)cc3n2SF)cc1C1NOC(=O)N1. The third kappa shape index (κ3) is 4.18. The number of benzene rings is 2. The summed E-state index contributed by atoms with van der Waals surface area (Å²) in [6, 6.07) is 15.0. The van der Waals surface area contributed by atoms with Crippen molar-refractivity contribution in [1.82, 2.24) is 19.8 Å². The summed E-state index contributed by atoms with van der Waals surface area (Å²) in [6.07, 6.45) is 1.24. The Kier molecular flexibility index (Phi) is 5.78. The van der Waals surface area contributed by atoms with E-state index in [2.05, 4.69) is 15.8 Å². The lowest BCUT2D eigenvalue weighted by Gasteiger charge is -2.37. The number of nitrogens with one attached hydrogen (secondary N) is 2. The van der Waals surface area contributed by atoms with Gasteiger partial charge in [0.25, 0.3) is 0 Å². The number of ether oxygens (including phenoxy) is 1. The van der Waals surface area contributed by atoms with E-state index in [0.29, 0.717) is 35.2 Å². The fraction of sp³-hybridized carbons (Fsp3) is 0.231. The van der Waals surface area contributed by atoms with Crippen LogP contribution in [0.3, 0.4) is 0 Å². The topological polar surface area (TPSA) is 97.6 Å². The monoisotopic (exact) mass is 524 g/mol. The van der Waals surface area contributed by atoms with Crippen LogP contribution in [0.1, 0.15) is 42.1 Å². The van der Waals surface area contributed by atoms with Gasteiger partial charge in [-0.25, -0.2) is 18.1 Å². The molecule has 3 N–H and O–H groups in total. The molecule has 2 aliphatic rings. The summed E-state index contributed by atoms with van der Waals surface area (Å²) in [5, 5.41) is 13.2. The predicted molar refractivity (Wildman–Crippen MR) is 134 cm³/mol. The van der Waals surface area contributed by atoms with Gasteiger partial charge in [0.1, 0.15) is 17.6 Å². The van der Waals surface area contributed by atoms with Crippen LogP contribution in [0, 0.1) is 12.7 Å². The van der Waals surface area contributed by atoms with Crippen molar-refractivity contribution in [2.45, 2.75) is 38.0 Å². The molecule has 1 unspecified atom stereocenters. The average molecular weight is 525 g/mol. The van der Waals surface area contributed by atoms with Crippen LogP contribution in [-0.4, -0.2) is 20.2 Å². The van der Waals surface area contributed by atoms with Gasteiger partial charge < -0.3 is 14.7 Å². The van der Waals surface area contributed by atoms with Gasteiger partial charge in [0, 0.05) is 17.7 Å². The third-order valence-corrected chi connectivity index (χ3v) is 7.44. The molecule has 1 aliphatic heterocycles. The molecule has 2 fully saturated rings. The first-order valence-electron chi connectivity index (χ1n) is 11.7. The molecule has 1 saturated carbocycles. The fourth-order valence-electron chi connectivity index (χ4n) is 4.68. The van der Waals surface area contributed by atoms with Crippen LogP contribution in [0.15, 0.2) is 54.6 Å². The van der Waals surface area contributed by atoms with Gasteiger partial charge >= 0.3 is 6.09 Å². The molecule has 1 saturated heterocycles. The summed E-state index contributed by atoms with van der Waals surface area (Å²) >= 11 is -0.124. The number of nitrogens with zero attached hydrogens (tertiary/aromatic N) is 2. The number of hydrogen-bond donors (Lipinski definition) is 3. The first-order valence-corrected chi connectivity index (χ1v) is 12.4. The maximum absolute atomic E-state index is 15.1. The lowest BCUT2D eigenvalue weighted by atomic mass is 9.75. The van der Waals surface area contributed by atoms with Crippen LogP contribution in [0.5, 0.6) is 11.6 Å². The molecule has 1 amide bonds. The van der Waals surface area contributed by atoms with Crippen LogP contribution < -0.4 is 15.5 Å². The van der Waals surface area contributed by atoms with Crippen LogP contribution in [0.2, 0.25) is 0 Å². The second-order valence-electron chi connectivity index (χ2n) is 9.24. The normalized spacial score (nSPS) is 18.4. The molecule has 190 valence electrons. The second kappa shape index (κ2) is 9.02. The number of carbonyl (C=O) groups is 1. The molecule has 8 nitrogen and oxygen atoms in total. The number of rotatable bonds is 6. The molecule has 3 heterocycles. The van der Waals surface area contributed by atoms with E-state index in [1.807, 2.05) is 6.92 Å². The lowest BCUT2D eigenvalue weighted by molar-refractivity contribution is -0.0387. The van der Waals surface area contributed by atoms with Gasteiger partial charge in [-0.05, 0) is 55.0 Å². The predicted octanol–water partition coefficient (Wildman–Crippen LogP) is 5.94. The summed E-state index contributed by atoms with van der Waals surface area (Å²) in [5.41, 5.74) is 5.41. The minimum absolute atomic E-state index is 0.114. The Morgan fingerprint density at radius 2 is 1.97 bits per heavy atom. The highest BCUT2D eigenvalue weighted by Gasteiger charge is 2.36. The van der Waals surface area contributed by atoms with Crippen molar-refractivity contribution < 1.29 is 27.8 Å². The highest BCUT2D eigenvalue weighted by atomic mass is 32.2. The third-order valence-electron chi connectivity index (χ3n) is 6.92. The summed E-state index contributed by atoms with van der Waals surface area (Å²) in [4.78, 5) is 20.6. The summed E-state index contributed by atoms with van der Waals surface area (Å²) < 4.78 is 36.2. The second-order valence-corrected chi connectivity index (χ2v) is 9.74. The Balaban J connectivity index is 1.33. The van der Waals surface area contributed by atoms with Crippen LogP contribution in [-0.2, 0) is 10.4 Å². The summed E-state index contributed by atoms with van der Waals surface area (Å²) in [6.45, 7) is 1.87. The number of pyridine rings is 1. The Hall–Kier alpha value is -3.67. The molecular formula is C26H22F2N4O4S. The fourth-order valence-corrected chi connectivity index (χ4v) is 5.06. The molecule has 0 radical (unpaired) electrons. The summed E-state index contributed by atoms with van der Waals surface area (Å²) in [7, 11) is 0. The maximum Gasteiger partial charge on any atom is 0.427 e. The van der Waals surface area contributed by atoms with Gasteiger partial charge in [-0.15, -0.1) is 9.37 Å². The summed E-state index contributed by atoms with van der Waals surface area (Å²) in [5.74, 6) is -0.112. The molecule has 0 bridgehead atoms. The van der Waals surface area contributed by atoms with Crippen LogP contribution in [0.4, 0.5) is 13.1 Å². The number of fused-ring (bicyclic) bond motifs is 1. The minimum Gasteiger partial charge on any atom is -0.440 e. The van der Waals surface area contributed by atoms with Crippen molar-refractivity contribution in [3.63, 3.8) is 0 Å². The highest BCUT2D eigenvalue weighted by molar-refractivity contribution is 7.93. The van der Waals surface area contributed by atoms with Gasteiger partial charge in [0.05, 0.1) is 16.6 Å². The average Bonchev–Trinajstić information content (AvgIpc) is 3.45. The van der Waals surface area contributed by atoms with Gasteiger partial charge in [0.2, 0.25) is 5.88 Å². The van der Waals surface area contributed by atoms with Crippen molar-refractivity contribution in [1.29, 1.82) is 0 Å². The van der Waals surface area contributed by atoms with E-state index < -0.39 is 23.7 Å². The first kappa shape index (κ1) is 23.7. The quantitative estimate of drug-likeness (QED) is 0.287. The van der Waals surface area contributed by atoms with Gasteiger partial charge in [-0.3, -0.25) is 5.32 Å². The van der Waals surface area contributed by atoms with Gasteiger partial charge in [-0.1, -0.05) is 30.3 Å². The number of aromatic nitrogens is 2. The Bertz CT molecular complexity index is 1520. The number of aliphatic hydroxyl groups is 1. The smallest absolute Gasteiger partial charge is 0.427 e. The molecule has 6 rings (SSSR count). The molecule has 4 aromatic rings. The lowest BCUT2D eigenvalue weighted by Crippen LogP contribution is -2.33. The Labute approximate surface area is 215 Å². The van der Waals surface area contributed by atoms with Crippen LogP contribution in [0.25, 0.3) is 22.3 Å². The Morgan fingerprint density at radius 3 is 2.62 bits per heavy atom. The van der Waals surface area contributed by atoms with E-state index in [4.69, 9.17) is 9.57 Å². The van der Waals surface area contributed by atoms with Gasteiger partial charge in [-0.2, -0.15) is 0 Å². The standard InChI is InChI=1S/C26H22F2N4O4S/c1-14-3-8-17(11-18(14)24-30-25(33)36-31-24)35-22-13-20-21(32(22)37-28)12-19(27)23(29-20)15-4-6-16(7-5-15)26(34)9-2-10-26/h3-8,11-13,24,31,34H,2,9-10H2,1H3,(H,30,33). The number of halogens is 2. The van der Waals surface area contributed by atoms with E-state index in [-0.39, 0.29) is 29.4 Å². The molecule has 11 heteroatoms. The largest absolute Gasteiger partial charge is 0.440 e. The molecule has 2 aromatic carbocycles. The molecular weight excluding hydrogens is 502 g/mol. The van der Waals surface area contributed by atoms with Crippen molar-refractivity contribution >= 4 is 29.5 Å². The zero-order valence-electron chi connectivity index (χ0n) is 19.6. The van der Waals surface area contributed by atoms with E-state index in [1.165, 1.54) is 12.1 Å². The highest BCUT2D eigenvalue weighted by Crippen LogP contribution is 2.42. The van der Waals surface area contributed by atoms with Crippen LogP contribution >= 0.6 is 12.3 Å². The number of hydroxylamine groups is 1. The van der Waals surface area contributed by atoms with Crippen molar-refractivity contribution in [3.05, 3.63) is 77.1 Å². The van der Waals surface area contributed by atoms with E-state index >= 15 is 4.39 Å². The van der Waals surface area contributed by atoms with Crippen molar-refractivity contribution in [3.8, 4) is 22.9 Å². The van der Waals surface area contributed by atoms with Crippen molar-refractivity contribution in [2.75, 3.05) is 0 Å². The molecule has 0 spiro atoms.